The number of aliphatic imine (C=N–C) groups is 1. The summed E-state index contributed by atoms with van der Waals surface area (Å²) in [6, 6.07) is 6.80. The van der Waals surface area contributed by atoms with Crippen LogP contribution in [0.15, 0.2) is 29.3 Å². The molecular weight excluding hydrogens is 319 g/mol. The first kappa shape index (κ1) is 19.7. The van der Waals surface area contributed by atoms with Crippen molar-refractivity contribution >= 4 is 5.96 Å². The molecule has 0 saturated carbocycles. The average molecular weight is 350 g/mol. The summed E-state index contributed by atoms with van der Waals surface area (Å²) in [5, 5.41) is 3.36. The van der Waals surface area contributed by atoms with Gasteiger partial charge < -0.3 is 19.9 Å². The van der Waals surface area contributed by atoms with Crippen LogP contribution in [0, 0.1) is 11.7 Å². The standard InChI is InChI=1S/C19H31FN4O/c1-5-21-19(24(4)13-15-9-10-25-14-15)22-12-18(23(2)3)16-7-6-8-17(20)11-16/h6-8,11,15,18H,5,9-10,12-14H2,1-4H3,(H,21,22). The van der Waals surface area contributed by atoms with Gasteiger partial charge in [0.1, 0.15) is 5.82 Å². The lowest BCUT2D eigenvalue weighted by Gasteiger charge is -2.27. The summed E-state index contributed by atoms with van der Waals surface area (Å²) in [5.74, 6) is 1.23. The molecule has 25 heavy (non-hydrogen) atoms. The number of guanidine groups is 1. The second-order valence-electron chi connectivity index (χ2n) is 6.84. The van der Waals surface area contributed by atoms with Gasteiger partial charge in [0.2, 0.25) is 0 Å². The van der Waals surface area contributed by atoms with E-state index in [-0.39, 0.29) is 11.9 Å². The highest BCUT2D eigenvalue weighted by Gasteiger charge is 2.20. The van der Waals surface area contributed by atoms with Crippen LogP contribution in [0.5, 0.6) is 0 Å². The molecule has 140 valence electrons. The van der Waals surface area contributed by atoms with E-state index in [9.17, 15) is 4.39 Å². The molecule has 0 radical (unpaired) electrons. The van der Waals surface area contributed by atoms with Crippen molar-refractivity contribution in [1.29, 1.82) is 0 Å². The molecule has 0 spiro atoms. The van der Waals surface area contributed by atoms with Crippen LogP contribution >= 0.6 is 0 Å². The molecule has 0 bridgehead atoms. The molecule has 1 heterocycles. The lowest BCUT2D eigenvalue weighted by Crippen LogP contribution is -2.42. The summed E-state index contributed by atoms with van der Waals surface area (Å²) in [5.41, 5.74) is 0.941. The molecule has 2 atom stereocenters. The Morgan fingerprint density at radius 3 is 2.80 bits per heavy atom. The Morgan fingerprint density at radius 2 is 2.20 bits per heavy atom. The van der Waals surface area contributed by atoms with E-state index < -0.39 is 0 Å². The zero-order chi connectivity index (χ0) is 18.2. The average Bonchev–Trinajstić information content (AvgIpc) is 3.06. The van der Waals surface area contributed by atoms with Crippen LogP contribution in [0.2, 0.25) is 0 Å². The fourth-order valence-corrected chi connectivity index (χ4v) is 3.12. The third kappa shape index (κ3) is 5.97. The number of likely N-dealkylation sites (N-methyl/N-ethyl adjacent to an activating group) is 1. The largest absolute Gasteiger partial charge is 0.381 e. The third-order valence-corrected chi connectivity index (χ3v) is 4.52. The van der Waals surface area contributed by atoms with Crippen molar-refractivity contribution in [3.63, 3.8) is 0 Å². The van der Waals surface area contributed by atoms with Gasteiger partial charge in [-0.15, -0.1) is 0 Å². The van der Waals surface area contributed by atoms with Crippen LogP contribution in [0.1, 0.15) is 24.9 Å². The second-order valence-corrected chi connectivity index (χ2v) is 6.84. The fraction of sp³-hybridized carbons (Fsp3) is 0.632. The molecule has 1 aliphatic heterocycles. The van der Waals surface area contributed by atoms with E-state index in [4.69, 9.17) is 9.73 Å². The van der Waals surface area contributed by atoms with Gasteiger partial charge >= 0.3 is 0 Å². The maximum atomic E-state index is 13.6. The van der Waals surface area contributed by atoms with Gasteiger partial charge in [-0.2, -0.15) is 0 Å². The van der Waals surface area contributed by atoms with Gasteiger partial charge in [0, 0.05) is 32.7 Å². The highest BCUT2D eigenvalue weighted by atomic mass is 19.1. The summed E-state index contributed by atoms with van der Waals surface area (Å²) in [4.78, 5) is 9.05. The first-order valence-electron chi connectivity index (χ1n) is 9.00. The smallest absolute Gasteiger partial charge is 0.193 e. The van der Waals surface area contributed by atoms with Gasteiger partial charge in [-0.25, -0.2) is 4.39 Å². The maximum Gasteiger partial charge on any atom is 0.193 e. The fourth-order valence-electron chi connectivity index (χ4n) is 3.12. The number of hydrogen-bond acceptors (Lipinski definition) is 3. The molecule has 2 rings (SSSR count). The quantitative estimate of drug-likeness (QED) is 0.605. The Kier molecular flexibility index (Phi) is 7.65. The Morgan fingerprint density at radius 1 is 1.40 bits per heavy atom. The summed E-state index contributed by atoms with van der Waals surface area (Å²) in [7, 11) is 6.06. The van der Waals surface area contributed by atoms with E-state index in [0.29, 0.717) is 12.5 Å². The lowest BCUT2D eigenvalue weighted by atomic mass is 10.1. The number of nitrogens with zero attached hydrogens (tertiary/aromatic N) is 3. The number of benzene rings is 1. The normalized spacial score (nSPS) is 19.3. The summed E-state index contributed by atoms with van der Waals surface area (Å²) in [6.45, 7) is 6.07. The molecule has 2 unspecified atom stereocenters. The highest BCUT2D eigenvalue weighted by Crippen LogP contribution is 2.20. The van der Waals surface area contributed by atoms with Gasteiger partial charge in [-0.1, -0.05) is 12.1 Å². The SMILES string of the molecule is CCNC(=NCC(c1cccc(F)c1)N(C)C)N(C)CC1CCOC1. The van der Waals surface area contributed by atoms with Crippen LogP contribution in [-0.2, 0) is 4.74 Å². The third-order valence-electron chi connectivity index (χ3n) is 4.52. The van der Waals surface area contributed by atoms with Gasteiger partial charge in [0.25, 0.3) is 0 Å². The molecule has 1 saturated heterocycles. The van der Waals surface area contributed by atoms with Crippen LogP contribution < -0.4 is 5.32 Å². The topological polar surface area (TPSA) is 40.1 Å². The van der Waals surface area contributed by atoms with Gasteiger partial charge in [-0.3, -0.25) is 4.99 Å². The van der Waals surface area contributed by atoms with E-state index in [1.807, 2.05) is 20.2 Å². The summed E-state index contributed by atoms with van der Waals surface area (Å²) in [6.07, 6.45) is 1.10. The van der Waals surface area contributed by atoms with Crippen molar-refractivity contribution in [2.45, 2.75) is 19.4 Å². The number of halogens is 1. The van der Waals surface area contributed by atoms with Crippen molar-refractivity contribution in [1.82, 2.24) is 15.1 Å². The van der Waals surface area contributed by atoms with E-state index >= 15 is 0 Å². The van der Waals surface area contributed by atoms with Crippen LogP contribution in [0.25, 0.3) is 0 Å². The molecule has 6 heteroatoms. The zero-order valence-corrected chi connectivity index (χ0v) is 15.8. The predicted octanol–water partition coefficient (Wildman–Crippen LogP) is 2.36. The molecule has 5 nitrogen and oxygen atoms in total. The number of nitrogens with one attached hydrogen (secondary N) is 1. The Bertz CT molecular complexity index is 558. The molecule has 1 aliphatic rings. The Balaban J connectivity index is 2.08. The van der Waals surface area contributed by atoms with E-state index in [2.05, 4.69) is 29.1 Å². The van der Waals surface area contributed by atoms with Gasteiger partial charge in [-0.05, 0) is 45.1 Å². The van der Waals surface area contributed by atoms with Crippen molar-refractivity contribution in [3.05, 3.63) is 35.6 Å². The summed E-state index contributed by atoms with van der Waals surface area (Å²) < 4.78 is 19.0. The second kappa shape index (κ2) is 9.73. The monoisotopic (exact) mass is 350 g/mol. The Hall–Kier alpha value is -1.66. The van der Waals surface area contributed by atoms with E-state index in [1.165, 1.54) is 6.07 Å². The van der Waals surface area contributed by atoms with Crippen LogP contribution in [0.3, 0.4) is 0 Å². The van der Waals surface area contributed by atoms with Crippen molar-refractivity contribution in [3.8, 4) is 0 Å². The first-order valence-corrected chi connectivity index (χ1v) is 9.00. The predicted molar refractivity (Wildman–Crippen MR) is 100 cm³/mol. The Labute approximate surface area is 150 Å². The molecule has 1 fully saturated rings. The molecule has 1 aromatic carbocycles. The lowest BCUT2D eigenvalue weighted by molar-refractivity contribution is 0.181. The molecule has 0 amide bonds. The van der Waals surface area contributed by atoms with E-state index in [0.717, 1.165) is 44.2 Å². The first-order chi connectivity index (χ1) is 12.0. The minimum Gasteiger partial charge on any atom is -0.381 e. The molecule has 0 aliphatic carbocycles. The number of ether oxygens (including phenoxy) is 1. The molecule has 0 aromatic heterocycles. The molecular formula is C19H31FN4O. The van der Waals surface area contributed by atoms with Crippen molar-refractivity contribution in [2.75, 3.05) is 54.0 Å². The molecule has 1 N–H and O–H groups in total. The van der Waals surface area contributed by atoms with E-state index in [1.54, 1.807) is 12.1 Å². The molecule has 1 aromatic rings. The van der Waals surface area contributed by atoms with Gasteiger partial charge in [0.15, 0.2) is 5.96 Å². The minimum atomic E-state index is -0.210. The maximum absolute atomic E-state index is 13.6. The van der Waals surface area contributed by atoms with Crippen LogP contribution in [-0.4, -0.2) is 69.8 Å². The number of rotatable bonds is 7. The highest BCUT2D eigenvalue weighted by molar-refractivity contribution is 5.79. The van der Waals surface area contributed by atoms with Crippen LogP contribution in [0.4, 0.5) is 4.39 Å². The minimum absolute atomic E-state index is 0.0348. The van der Waals surface area contributed by atoms with Gasteiger partial charge in [0.05, 0.1) is 19.2 Å². The van der Waals surface area contributed by atoms with Crippen molar-refractivity contribution < 1.29 is 9.13 Å². The zero-order valence-electron chi connectivity index (χ0n) is 15.8. The number of hydrogen-bond donors (Lipinski definition) is 1. The van der Waals surface area contributed by atoms with Crippen molar-refractivity contribution in [2.24, 2.45) is 10.9 Å². The summed E-state index contributed by atoms with van der Waals surface area (Å²) >= 11 is 0.